The second kappa shape index (κ2) is 4.31. The highest BCUT2D eigenvalue weighted by molar-refractivity contribution is 6.32. The molecular weight excluding hydrogens is 267 g/mol. The van der Waals surface area contributed by atoms with E-state index in [1.54, 1.807) is 6.07 Å². The molecular formula is C12H13ClF3NO. The van der Waals surface area contributed by atoms with Gasteiger partial charge in [-0.1, -0.05) is 17.7 Å². The summed E-state index contributed by atoms with van der Waals surface area (Å²) in [6, 6.07) is 4.30. The van der Waals surface area contributed by atoms with Gasteiger partial charge >= 0.3 is 6.36 Å². The van der Waals surface area contributed by atoms with Crippen molar-refractivity contribution >= 4 is 11.6 Å². The zero-order valence-corrected chi connectivity index (χ0v) is 10.5. The van der Waals surface area contributed by atoms with Crippen LogP contribution in [-0.4, -0.2) is 12.4 Å². The third kappa shape index (κ3) is 2.57. The summed E-state index contributed by atoms with van der Waals surface area (Å²) >= 11 is 5.81. The van der Waals surface area contributed by atoms with Gasteiger partial charge in [0.2, 0.25) is 0 Å². The van der Waals surface area contributed by atoms with Crippen LogP contribution in [0.4, 0.5) is 13.2 Å². The number of hydrogen-bond acceptors (Lipinski definition) is 2. The van der Waals surface area contributed by atoms with Gasteiger partial charge in [0.05, 0.1) is 5.02 Å². The van der Waals surface area contributed by atoms with Crippen LogP contribution in [0, 0.1) is 0 Å². The average Bonchev–Trinajstić information content (AvgIpc) is 3.00. The Balaban J connectivity index is 2.26. The lowest BCUT2D eigenvalue weighted by molar-refractivity contribution is -0.274. The summed E-state index contributed by atoms with van der Waals surface area (Å²) in [5, 5.41) is -0.0447. The van der Waals surface area contributed by atoms with E-state index in [0.717, 1.165) is 18.4 Å². The molecule has 1 aliphatic carbocycles. The lowest BCUT2D eigenvalue weighted by atomic mass is 9.89. The van der Waals surface area contributed by atoms with E-state index < -0.39 is 6.36 Å². The molecule has 1 aliphatic rings. The van der Waals surface area contributed by atoms with Crippen molar-refractivity contribution in [3.8, 4) is 5.75 Å². The highest BCUT2D eigenvalue weighted by Crippen LogP contribution is 2.51. The fourth-order valence-electron chi connectivity index (χ4n) is 2.16. The molecule has 0 heterocycles. The smallest absolute Gasteiger partial charge is 0.404 e. The predicted molar refractivity (Wildman–Crippen MR) is 62.7 cm³/mol. The second-order valence-corrected chi connectivity index (χ2v) is 5.05. The van der Waals surface area contributed by atoms with E-state index in [1.807, 2.05) is 6.92 Å². The molecule has 1 aromatic carbocycles. The summed E-state index contributed by atoms with van der Waals surface area (Å²) in [6.07, 6.45) is -2.87. The molecule has 0 saturated heterocycles. The molecule has 0 aliphatic heterocycles. The first kappa shape index (κ1) is 13.5. The van der Waals surface area contributed by atoms with E-state index in [1.165, 1.54) is 12.1 Å². The fraction of sp³-hybridized carbons (Fsp3) is 0.500. The Hall–Kier alpha value is -0.940. The number of halogens is 4. The van der Waals surface area contributed by atoms with Crippen molar-refractivity contribution in [3.05, 3.63) is 28.8 Å². The van der Waals surface area contributed by atoms with Crippen molar-refractivity contribution in [3.63, 3.8) is 0 Å². The van der Waals surface area contributed by atoms with Crippen LogP contribution >= 0.6 is 11.6 Å². The predicted octanol–water partition coefficient (Wildman–Crippen LogP) is 3.62. The summed E-state index contributed by atoms with van der Waals surface area (Å²) in [5.41, 5.74) is 6.63. The molecule has 1 atom stereocenters. The Morgan fingerprint density at radius 3 is 2.39 bits per heavy atom. The Bertz CT molecular complexity index is 455. The number of rotatable bonds is 3. The first-order valence-electron chi connectivity index (χ1n) is 5.56. The molecule has 6 heteroatoms. The fourth-order valence-corrected chi connectivity index (χ4v) is 2.38. The van der Waals surface area contributed by atoms with E-state index >= 15 is 0 Å². The first-order chi connectivity index (χ1) is 8.24. The lowest BCUT2D eigenvalue weighted by Crippen LogP contribution is -2.31. The summed E-state index contributed by atoms with van der Waals surface area (Å²) < 4.78 is 40.1. The standard InChI is InChI=1S/C12H13ClF3NO/c1-7(17)11(4-5-11)8-2-3-10(9(13)6-8)18-12(14,15)16/h2-3,6-7H,4-5,17H2,1H3. The highest BCUT2D eigenvalue weighted by atomic mass is 35.5. The number of benzene rings is 1. The first-order valence-corrected chi connectivity index (χ1v) is 5.94. The Labute approximate surface area is 108 Å². The number of nitrogens with two attached hydrogens (primary N) is 1. The SMILES string of the molecule is CC(N)C1(c2ccc(OC(F)(F)F)c(Cl)c2)CC1. The van der Waals surface area contributed by atoms with Crippen LogP contribution in [-0.2, 0) is 5.41 Å². The van der Waals surface area contributed by atoms with Crippen LogP contribution < -0.4 is 10.5 Å². The molecule has 0 spiro atoms. The number of alkyl halides is 3. The van der Waals surface area contributed by atoms with Gasteiger partial charge in [0, 0.05) is 11.5 Å². The molecule has 18 heavy (non-hydrogen) atoms. The molecule has 1 unspecified atom stereocenters. The highest BCUT2D eigenvalue weighted by Gasteiger charge is 2.47. The molecule has 0 bridgehead atoms. The van der Waals surface area contributed by atoms with Crippen molar-refractivity contribution in [1.82, 2.24) is 0 Å². The molecule has 1 aromatic rings. The van der Waals surface area contributed by atoms with E-state index in [2.05, 4.69) is 4.74 Å². The minimum absolute atomic E-state index is 0.0447. The molecule has 0 amide bonds. The van der Waals surface area contributed by atoms with Gasteiger partial charge in [-0.2, -0.15) is 0 Å². The Kier molecular flexibility index (Phi) is 3.23. The molecule has 1 saturated carbocycles. The van der Waals surface area contributed by atoms with Gasteiger partial charge in [0.15, 0.2) is 0 Å². The molecule has 2 nitrogen and oxygen atoms in total. The van der Waals surface area contributed by atoms with Crippen LogP contribution in [0.3, 0.4) is 0 Å². The van der Waals surface area contributed by atoms with E-state index in [9.17, 15) is 13.2 Å². The quantitative estimate of drug-likeness (QED) is 0.917. The number of hydrogen-bond donors (Lipinski definition) is 1. The monoisotopic (exact) mass is 279 g/mol. The van der Waals surface area contributed by atoms with Crippen LogP contribution in [0.2, 0.25) is 5.02 Å². The molecule has 0 aromatic heterocycles. The summed E-state index contributed by atoms with van der Waals surface area (Å²) in [6.45, 7) is 1.89. The van der Waals surface area contributed by atoms with E-state index in [4.69, 9.17) is 17.3 Å². The van der Waals surface area contributed by atoms with Crippen molar-refractivity contribution < 1.29 is 17.9 Å². The van der Waals surface area contributed by atoms with Gasteiger partial charge in [-0.3, -0.25) is 0 Å². The average molecular weight is 280 g/mol. The van der Waals surface area contributed by atoms with Gasteiger partial charge in [-0.15, -0.1) is 13.2 Å². The molecule has 2 N–H and O–H groups in total. The van der Waals surface area contributed by atoms with Crippen molar-refractivity contribution in [2.75, 3.05) is 0 Å². The second-order valence-electron chi connectivity index (χ2n) is 4.64. The van der Waals surface area contributed by atoms with Crippen molar-refractivity contribution in [1.29, 1.82) is 0 Å². The van der Waals surface area contributed by atoms with Crippen molar-refractivity contribution in [2.24, 2.45) is 5.73 Å². The molecule has 100 valence electrons. The minimum Gasteiger partial charge on any atom is -0.404 e. The molecule has 2 rings (SSSR count). The maximum Gasteiger partial charge on any atom is 0.573 e. The van der Waals surface area contributed by atoms with Crippen LogP contribution in [0.5, 0.6) is 5.75 Å². The summed E-state index contributed by atoms with van der Waals surface area (Å²) in [5.74, 6) is -0.381. The van der Waals surface area contributed by atoms with Crippen LogP contribution in [0.25, 0.3) is 0 Å². The topological polar surface area (TPSA) is 35.2 Å². The minimum atomic E-state index is -4.73. The van der Waals surface area contributed by atoms with Gasteiger partial charge in [0.25, 0.3) is 0 Å². The molecule has 0 radical (unpaired) electrons. The summed E-state index contributed by atoms with van der Waals surface area (Å²) in [7, 11) is 0. The summed E-state index contributed by atoms with van der Waals surface area (Å²) in [4.78, 5) is 0. The Morgan fingerprint density at radius 1 is 1.39 bits per heavy atom. The normalized spacial score (nSPS) is 19.4. The van der Waals surface area contributed by atoms with Gasteiger partial charge in [-0.05, 0) is 37.5 Å². The van der Waals surface area contributed by atoms with Gasteiger partial charge in [-0.25, -0.2) is 0 Å². The third-order valence-electron chi connectivity index (χ3n) is 3.39. The maximum absolute atomic E-state index is 12.1. The Morgan fingerprint density at radius 2 is 2.00 bits per heavy atom. The van der Waals surface area contributed by atoms with Crippen molar-refractivity contribution in [2.45, 2.75) is 37.6 Å². The van der Waals surface area contributed by atoms with Gasteiger partial charge < -0.3 is 10.5 Å². The largest absolute Gasteiger partial charge is 0.573 e. The van der Waals surface area contributed by atoms with Crippen LogP contribution in [0.1, 0.15) is 25.3 Å². The van der Waals surface area contributed by atoms with Crippen LogP contribution in [0.15, 0.2) is 18.2 Å². The maximum atomic E-state index is 12.1. The van der Waals surface area contributed by atoms with E-state index in [0.29, 0.717) is 0 Å². The van der Waals surface area contributed by atoms with E-state index in [-0.39, 0.29) is 22.2 Å². The zero-order valence-electron chi connectivity index (χ0n) is 9.72. The lowest BCUT2D eigenvalue weighted by Gasteiger charge is -2.21. The van der Waals surface area contributed by atoms with Gasteiger partial charge in [0.1, 0.15) is 5.75 Å². The third-order valence-corrected chi connectivity index (χ3v) is 3.69. The zero-order chi connectivity index (χ0) is 13.6. The molecule has 1 fully saturated rings. The number of ether oxygens (including phenoxy) is 1.